The first kappa shape index (κ1) is 10.2. The summed E-state index contributed by atoms with van der Waals surface area (Å²) in [6.07, 6.45) is 0.556. The zero-order valence-corrected chi connectivity index (χ0v) is 9.21. The smallest absolute Gasteiger partial charge is 0.231 e. The fraction of sp³-hybridized carbons (Fsp3) is 0.417. The van der Waals surface area contributed by atoms with E-state index in [9.17, 15) is 4.79 Å². The number of likely N-dealkylation sites (N-methyl/N-ethyl adjacent to an activating group) is 1. The van der Waals surface area contributed by atoms with E-state index < -0.39 is 0 Å². The number of benzene rings is 1. The van der Waals surface area contributed by atoms with Crippen molar-refractivity contribution in [2.75, 3.05) is 18.5 Å². The van der Waals surface area contributed by atoms with Gasteiger partial charge in [0.15, 0.2) is 0 Å². The van der Waals surface area contributed by atoms with Crippen molar-refractivity contribution in [3.05, 3.63) is 29.3 Å². The number of hydrogen-bond donors (Lipinski definition) is 1. The highest BCUT2D eigenvalue weighted by Gasteiger charge is 2.25. The van der Waals surface area contributed by atoms with Crippen LogP contribution in [0.2, 0.25) is 0 Å². The monoisotopic (exact) mass is 204 g/mol. The highest BCUT2D eigenvalue weighted by atomic mass is 16.2. The van der Waals surface area contributed by atoms with Crippen molar-refractivity contribution in [3.8, 4) is 0 Å². The summed E-state index contributed by atoms with van der Waals surface area (Å²) in [5.41, 5.74) is 3.49. The van der Waals surface area contributed by atoms with E-state index in [0.717, 1.165) is 24.3 Å². The van der Waals surface area contributed by atoms with Crippen molar-refractivity contribution in [1.82, 2.24) is 5.32 Å². The molecule has 0 fully saturated rings. The summed E-state index contributed by atoms with van der Waals surface area (Å²) < 4.78 is 0. The van der Waals surface area contributed by atoms with Crippen molar-refractivity contribution < 1.29 is 4.79 Å². The predicted molar refractivity (Wildman–Crippen MR) is 60.9 cm³/mol. The van der Waals surface area contributed by atoms with E-state index in [-0.39, 0.29) is 5.91 Å². The molecule has 0 spiro atoms. The van der Waals surface area contributed by atoms with E-state index in [0.29, 0.717) is 6.42 Å². The minimum atomic E-state index is 0.217. The molecule has 3 heteroatoms. The highest BCUT2D eigenvalue weighted by molar-refractivity contribution is 6.01. The van der Waals surface area contributed by atoms with Crippen LogP contribution in [0.15, 0.2) is 18.2 Å². The van der Waals surface area contributed by atoms with Gasteiger partial charge in [-0.1, -0.05) is 12.1 Å². The van der Waals surface area contributed by atoms with Crippen LogP contribution in [-0.4, -0.2) is 19.5 Å². The molecule has 1 aromatic rings. The maximum absolute atomic E-state index is 11.6. The normalized spacial score (nSPS) is 14.5. The molecule has 1 aliphatic rings. The third-order valence-electron chi connectivity index (χ3n) is 2.77. The number of anilines is 1. The van der Waals surface area contributed by atoms with Crippen LogP contribution in [0.4, 0.5) is 5.69 Å². The van der Waals surface area contributed by atoms with Crippen molar-refractivity contribution in [1.29, 1.82) is 0 Å². The van der Waals surface area contributed by atoms with Gasteiger partial charge in [0, 0.05) is 18.8 Å². The van der Waals surface area contributed by atoms with E-state index in [1.807, 2.05) is 18.9 Å². The molecular weight excluding hydrogens is 188 g/mol. The second-order valence-electron chi connectivity index (χ2n) is 3.81. The van der Waals surface area contributed by atoms with Crippen molar-refractivity contribution >= 4 is 11.6 Å². The van der Waals surface area contributed by atoms with Crippen LogP contribution in [0.25, 0.3) is 0 Å². The molecule has 2 rings (SSSR count). The van der Waals surface area contributed by atoms with Crippen LogP contribution in [0, 0.1) is 0 Å². The van der Waals surface area contributed by atoms with E-state index in [2.05, 4.69) is 23.5 Å². The molecule has 0 saturated carbocycles. The van der Waals surface area contributed by atoms with Crippen LogP contribution in [0.5, 0.6) is 0 Å². The number of nitrogens with zero attached hydrogens (tertiary/aromatic N) is 1. The van der Waals surface area contributed by atoms with Crippen LogP contribution >= 0.6 is 0 Å². The molecule has 1 amide bonds. The molecule has 3 nitrogen and oxygen atoms in total. The average molecular weight is 204 g/mol. The molecule has 0 bridgehead atoms. The molecule has 0 radical (unpaired) electrons. The van der Waals surface area contributed by atoms with E-state index in [4.69, 9.17) is 0 Å². The summed E-state index contributed by atoms with van der Waals surface area (Å²) >= 11 is 0. The number of rotatable bonds is 3. The molecule has 0 aromatic heterocycles. The van der Waals surface area contributed by atoms with Crippen molar-refractivity contribution in [2.24, 2.45) is 0 Å². The van der Waals surface area contributed by atoms with Gasteiger partial charge in [0.25, 0.3) is 0 Å². The van der Waals surface area contributed by atoms with Gasteiger partial charge in [-0.05, 0) is 31.2 Å². The third kappa shape index (κ3) is 1.75. The maximum Gasteiger partial charge on any atom is 0.231 e. The highest BCUT2D eigenvalue weighted by Crippen LogP contribution is 2.29. The summed E-state index contributed by atoms with van der Waals surface area (Å²) in [5.74, 6) is 0.217. The first-order chi connectivity index (χ1) is 7.26. The lowest BCUT2D eigenvalue weighted by molar-refractivity contribution is -0.117. The van der Waals surface area contributed by atoms with Gasteiger partial charge in [-0.25, -0.2) is 0 Å². The quantitative estimate of drug-likeness (QED) is 0.805. The Morgan fingerprint density at radius 3 is 2.93 bits per heavy atom. The maximum atomic E-state index is 11.6. The Bertz CT molecular complexity index is 387. The first-order valence-electron chi connectivity index (χ1n) is 5.33. The minimum absolute atomic E-state index is 0.217. The molecular formula is C12H16N2O. The Morgan fingerprint density at radius 1 is 1.47 bits per heavy atom. The molecule has 15 heavy (non-hydrogen) atoms. The Morgan fingerprint density at radius 2 is 2.27 bits per heavy atom. The fourth-order valence-corrected chi connectivity index (χ4v) is 2.10. The lowest BCUT2D eigenvalue weighted by Gasteiger charge is -2.14. The number of nitrogens with one attached hydrogen (secondary N) is 1. The van der Waals surface area contributed by atoms with Crippen LogP contribution < -0.4 is 10.2 Å². The van der Waals surface area contributed by atoms with Crippen molar-refractivity contribution in [2.45, 2.75) is 19.9 Å². The molecule has 0 aliphatic carbocycles. The summed E-state index contributed by atoms with van der Waals surface area (Å²) in [6.45, 7) is 3.62. The van der Waals surface area contributed by atoms with E-state index >= 15 is 0 Å². The van der Waals surface area contributed by atoms with E-state index in [1.165, 1.54) is 5.56 Å². The number of fused-ring (bicyclic) bond motifs is 1. The standard InChI is InChI=1S/C12H16N2O/c1-3-14-11-5-4-9(8-13-2)6-10(11)7-12(14)15/h4-6,13H,3,7-8H2,1-2H3. The van der Waals surface area contributed by atoms with Gasteiger partial charge in [-0.3, -0.25) is 4.79 Å². The van der Waals surface area contributed by atoms with Gasteiger partial charge >= 0.3 is 0 Å². The second kappa shape index (κ2) is 4.03. The van der Waals surface area contributed by atoms with E-state index in [1.54, 1.807) is 0 Å². The van der Waals surface area contributed by atoms with Gasteiger partial charge in [-0.2, -0.15) is 0 Å². The largest absolute Gasteiger partial charge is 0.316 e. The molecule has 80 valence electrons. The van der Waals surface area contributed by atoms with Gasteiger partial charge < -0.3 is 10.2 Å². The molecule has 0 saturated heterocycles. The lowest BCUT2D eigenvalue weighted by atomic mass is 10.1. The van der Waals surface area contributed by atoms with Gasteiger partial charge in [0.1, 0.15) is 0 Å². The zero-order valence-electron chi connectivity index (χ0n) is 9.21. The number of amides is 1. The third-order valence-corrected chi connectivity index (χ3v) is 2.77. The molecule has 1 N–H and O–H groups in total. The summed E-state index contributed by atoms with van der Waals surface area (Å²) in [7, 11) is 1.93. The van der Waals surface area contributed by atoms with Gasteiger partial charge in [0.2, 0.25) is 5.91 Å². The number of carbonyl (C=O) groups excluding carboxylic acids is 1. The zero-order chi connectivity index (χ0) is 10.8. The fourth-order valence-electron chi connectivity index (χ4n) is 2.10. The molecule has 1 aromatic carbocycles. The SMILES string of the molecule is CCN1C(=O)Cc2cc(CNC)ccc21. The second-order valence-corrected chi connectivity index (χ2v) is 3.81. The summed E-state index contributed by atoms with van der Waals surface area (Å²) in [4.78, 5) is 13.5. The van der Waals surface area contributed by atoms with Crippen molar-refractivity contribution in [3.63, 3.8) is 0 Å². The molecule has 0 atom stereocenters. The molecule has 1 aliphatic heterocycles. The van der Waals surface area contributed by atoms with Gasteiger partial charge in [0.05, 0.1) is 6.42 Å². The number of carbonyl (C=O) groups is 1. The van der Waals surface area contributed by atoms with Crippen LogP contribution in [0.3, 0.4) is 0 Å². The topological polar surface area (TPSA) is 32.3 Å². The average Bonchev–Trinajstić information content (AvgIpc) is 2.53. The van der Waals surface area contributed by atoms with Crippen LogP contribution in [0.1, 0.15) is 18.1 Å². The summed E-state index contributed by atoms with van der Waals surface area (Å²) in [5, 5.41) is 3.11. The van der Waals surface area contributed by atoms with Crippen LogP contribution in [-0.2, 0) is 17.8 Å². The number of hydrogen-bond acceptors (Lipinski definition) is 2. The lowest BCUT2D eigenvalue weighted by Crippen LogP contribution is -2.25. The van der Waals surface area contributed by atoms with Gasteiger partial charge in [-0.15, -0.1) is 0 Å². The Kier molecular flexibility index (Phi) is 2.73. The Labute approximate surface area is 90.1 Å². The minimum Gasteiger partial charge on any atom is -0.316 e. The summed E-state index contributed by atoms with van der Waals surface area (Å²) in [6, 6.07) is 6.26. The molecule has 1 heterocycles. The predicted octanol–water partition coefficient (Wildman–Crippen LogP) is 1.31. The molecule has 0 unspecified atom stereocenters. The Balaban J connectivity index is 2.33. The first-order valence-corrected chi connectivity index (χ1v) is 5.33. The Hall–Kier alpha value is -1.35.